The van der Waals surface area contributed by atoms with E-state index < -0.39 is 4.92 Å². The molecule has 0 unspecified atom stereocenters. The number of nitrogens with one attached hydrogen (secondary N) is 2. The summed E-state index contributed by atoms with van der Waals surface area (Å²) in [7, 11) is 0. The van der Waals surface area contributed by atoms with Crippen LogP contribution in [0.1, 0.15) is 13.8 Å². The topological polar surface area (TPSA) is 67.2 Å². The van der Waals surface area contributed by atoms with Crippen LogP contribution in [0, 0.1) is 10.1 Å². The van der Waals surface area contributed by atoms with Crippen LogP contribution in [0.3, 0.4) is 0 Å². The van der Waals surface area contributed by atoms with Crippen LogP contribution in [0.2, 0.25) is 5.02 Å². The van der Waals surface area contributed by atoms with Crippen molar-refractivity contribution in [1.29, 1.82) is 0 Å². The first-order chi connectivity index (χ1) is 8.00. The average Bonchev–Trinajstić information content (AvgIpc) is 2.25. The van der Waals surface area contributed by atoms with Crippen LogP contribution in [0.25, 0.3) is 0 Å². The van der Waals surface area contributed by atoms with Gasteiger partial charge in [-0.05, 0) is 6.07 Å². The average molecular weight is 258 g/mol. The van der Waals surface area contributed by atoms with Crippen LogP contribution in [0.4, 0.5) is 11.4 Å². The molecule has 0 fully saturated rings. The van der Waals surface area contributed by atoms with Gasteiger partial charge in [0.2, 0.25) is 0 Å². The van der Waals surface area contributed by atoms with E-state index >= 15 is 0 Å². The normalized spacial score (nSPS) is 10.6. The monoisotopic (exact) mass is 257 g/mol. The molecule has 0 atom stereocenters. The van der Waals surface area contributed by atoms with E-state index in [0.29, 0.717) is 16.8 Å². The second-order valence-corrected chi connectivity index (χ2v) is 4.36. The van der Waals surface area contributed by atoms with E-state index in [2.05, 4.69) is 24.5 Å². The highest BCUT2D eigenvalue weighted by atomic mass is 35.5. The molecule has 0 aliphatic heterocycles. The highest BCUT2D eigenvalue weighted by molar-refractivity contribution is 6.33. The Kier molecular flexibility index (Phi) is 5.18. The van der Waals surface area contributed by atoms with E-state index in [1.807, 2.05) is 0 Å². The molecule has 6 heteroatoms. The Morgan fingerprint density at radius 3 is 2.65 bits per heavy atom. The summed E-state index contributed by atoms with van der Waals surface area (Å²) in [5.41, 5.74) is 0.712. The summed E-state index contributed by atoms with van der Waals surface area (Å²) < 4.78 is 0. The summed E-state index contributed by atoms with van der Waals surface area (Å²) in [5, 5.41) is 17.2. The van der Waals surface area contributed by atoms with E-state index in [1.165, 1.54) is 12.1 Å². The molecular weight excluding hydrogens is 242 g/mol. The number of halogens is 1. The molecule has 0 bridgehead atoms. The smallest absolute Gasteiger partial charge is 0.271 e. The number of rotatable bonds is 6. The Hall–Kier alpha value is -1.33. The zero-order chi connectivity index (χ0) is 12.8. The molecule has 1 rings (SSSR count). The first kappa shape index (κ1) is 13.7. The zero-order valence-corrected chi connectivity index (χ0v) is 10.6. The predicted molar refractivity (Wildman–Crippen MR) is 69.7 cm³/mol. The SMILES string of the molecule is CC(C)NCCNc1ccc([N+](=O)[O-])cc1Cl. The van der Waals surface area contributed by atoms with Gasteiger partial charge in [0.05, 0.1) is 15.6 Å². The Balaban J connectivity index is 2.52. The van der Waals surface area contributed by atoms with Crippen molar-refractivity contribution in [2.24, 2.45) is 0 Å². The van der Waals surface area contributed by atoms with E-state index in [1.54, 1.807) is 6.07 Å². The second kappa shape index (κ2) is 6.42. The van der Waals surface area contributed by atoms with Crippen LogP contribution in [0.5, 0.6) is 0 Å². The first-order valence-electron chi connectivity index (χ1n) is 5.42. The predicted octanol–water partition coefficient (Wildman–Crippen LogP) is 2.66. The van der Waals surface area contributed by atoms with E-state index in [0.717, 1.165) is 13.1 Å². The molecule has 0 aliphatic rings. The molecule has 5 nitrogen and oxygen atoms in total. The van der Waals surface area contributed by atoms with E-state index in [9.17, 15) is 10.1 Å². The fraction of sp³-hybridized carbons (Fsp3) is 0.455. The van der Waals surface area contributed by atoms with Gasteiger partial charge in [-0.15, -0.1) is 0 Å². The number of nitrogens with zero attached hydrogens (tertiary/aromatic N) is 1. The molecule has 1 aromatic rings. The third kappa shape index (κ3) is 4.58. The fourth-order valence-corrected chi connectivity index (χ4v) is 1.56. The second-order valence-electron chi connectivity index (χ2n) is 3.96. The molecule has 0 aliphatic carbocycles. The van der Waals surface area contributed by atoms with Gasteiger partial charge in [-0.25, -0.2) is 0 Å². The van der Waals surface area contributed by atoms with E-state index in [-0.39, 0.29) is 5.69 Å². The standard InChI is InChI=1S/C11H16ClN3O2/c1-8(2)13-5-6-14-11-4-3-9(15(16)17)7-10(11)12/h3-4,7-8,13-14H,5-6H2,1-2H3. The third-order valence-corrected chi connectivity index (χ3v) is 2.47. The molecule has 0 aromatic heterocycles. The van der Waals surface area contributed by atoms with Crippen molar-refractivity contribution in [2.45, 2.75) is 19.9 Å². The van der Waals surface area contributed by atoms with Gasteiger partial charge in [0.15, 0.2) is 0 Å². The van der Waals surface area contributed by atoms with Crippen molar-refractivity contribution in [1.82, 2.24) is 5.32 Å². The molecule has 0 amide bonds. The molecule has 0 radical (unpaired) electrons. The third-order valence-electron chi connectivity index (χ3n) is 2.16. The van der Waals surface area contributed by atoms with Gasteiger partial charge in [0.1, 0.15) is 0 Å². The lowest BCUT2D eigenvalue weighted by molar-refractivity contribution is -0.384. The molecule has 17 heavy (non-hydrogen) atoms. The maximum atomic E-state index is 10.5. The van der Waals surface area contributed by atoms with Gasteiger partial charge in [-0.2, -0.15) is 0 Å². The first-order valence-corrected chi connectivity index (χ1v) is 5.79. The number of anilines is 1. The maximum Gasteiger partial charge on any atom is 0.271 e. The number of non-ortho nitro benzene ring substituents is 1. The van der Waals surface area contributed by atoms with Crippen LogP contribution in [-0.2, 0) is 0 Å². The van der Waals surface area contributed by atoms with Crippen molar-refractivity contribution < 1.29 is 4.92 Å². The van der Waals surface area contributed by atoms with Crippen molar-refractivity contribution in [2.75, 3.05) is 18.4 Å². The van der Waals surface area contributed by atoms with Crippen molar-refractivity contribution in [3.63, 3.8) is 0 Å². The van der Waals surface area contributed by atoms with Crippen LogP contribution in [-0.4, -0.2) is 24.1 Å². The van der Waals surface area contributed by atoms with Gasteiger partial charge in [0.25, 0.3) is 5.69 Å². The highest BCUT2D eigenvalue weighted by Gasteiger charge is 2.08. The van der Waals surface area contributed by atoms with Crippen LogP contribution < -0.4 is 10.6 Å². The quantitative estimate of drug-likeness (QED) is 0.467. The maximum absolute atomic E-state index is 10.5. The van der Waals surface area contributed by atoms with Crippen LogP contribution in [0.15, 0.2) is 18.2 Å². The lowest BCUT2D eigenvalue weighted by Gasteiger charge is -2.10. The molecule has 0 saturated heterocycles. The van der Waals surface area contributed by atoms with Crippen LogP contribution >= 0.6 is 11.6 Å². The zero-order valence-electron chi connectivity index (χ0n) is 9.87. The molecule has 0 heterocycles. The number of hydrogen-bond donors (Lipinski definition) is 2. The molecule has 0 saturated carbocycles. The summed E-state index contributed by atoms with van der Waals surface area (Å²) in [6.07, 6.45) is 0. The van der Waals surface area contributed by atoms with Crippen molar-refractivity contribution >= 4 is 23.0 Å². The van der Waals surface area contributed by atoms with Gasteiger partial charge < -0.3 is 10.6 Å². The Morgan fingerprint density at radius 1 is 1.41 bits per heavy atom. The summed E-state index contributed by atoms with van der Waals surface area (Å²) >= 11 is 5.93. The molecular formula is C11H16ClN3O2. The largest absolute Gasteiger partial charge is 0.383 e. The Bertz CT molecular complexity index is 396. The number of hydrogen-bond acceptors (Lipinski definition) is 4. The van der Waals surface area contributed by atoms with Crippen molar-refractivity contribution in [3.8, 4) is 0 Å². The molecule has 0 spiro atoms. The van der Waals surface area contributed by atoms with Gasteiger partial charge in [0, 0.05) is 31.3 Å². The number of benzene rings is 1. The molecule has 94 valence electrons. The Morgan fingerprint density at radius 2 is 2.12 bits per heavy atom. The highest BCUT2D eigenvalue weighted by Crippen LogP contribution is 2.26. The minimum atomic E-state index is -0.462. The van der Waals surface area contributed by atoms with Gasteiger partial charge in [-0.1, -0.05) is 25.4 Å². The Labute approximate surface area is 105 Å². The van der Waals surface area contributed by atoms with E-state index in [4.69, 9.17) is 11.6 Å². The van der Waals surface area contributed by atoms with Crippen molar-refractivity contribution in [3.05, 3.63) is 33.3 Å². The number of nitro benzene ring substituents is 1. The van der Waals surface area contributed by atoms with Gasteiger partial charge >= 0.3 is 0 Å². The number of nitro groups is 1. The summed E-state index contributed by atoms with van der Waals surface area (Å²) in [5.74, 6) is 0. The summed E-state index contributed by atoms with van der Waals surface area (Å²) in [4.78, 5) is 10.1. The molecule has 1 aromatic carbocycles. The van der Waals surface area contributed by atoms with Gasteiger partial charge in [-0.3, -0.25) is 10.1 Å². The molecule has 2 N–H and O–H groups in total. The fourth-order valence-electron chi connectivity index (χ4n) is 1.32. The lowest BCUT2D eigenvalue weighted by atomic mass is 10.3. The summed E-state index contributed by atoms with van der Waals surface area (Å²) in [6, 6.07) is 4.84. The minimum Gasteiger partial charge on any atom is -0.383 e. The minimum absolute atomic E-state index is 0.000792. The lowest BCUT2D eigenvalue weighted by Crippen LogP contribution is -2.28. The summed E-state index contributed by atoms with van der Waals surface area (Å²) in [6.45, 7) is 5.67.